The van der Waals surface area contributed by atoms with Crippen molar-refractivity contribution in [2.45, 2.75) is 6.92 Å². The van der Waals surface area contributed by atoms with Crippen LogP contribution in [0.25, 0.3) is 0 Å². The van der Waals surface area contributed by atoms with Crippen LogP contribution in [-0.2, 0) is 4.79 Å². The van der Waals surface area contributed by atoms with Gasteiger partial charge in [0.2, 0.25) is 5.91 Å². The molecule has 1 rings (SSSR count). The quantitative estimate of drug-likeness (QED) is 0.549. The Bertz CT molecular complexity index is 426. The molecule has 3 N–H and O–H groups in total. The highest BCUT2D eigenvalue weighted by Gasteiger charge is 2.16. The lowest BCUT2D eigenvalue weighted by Crippen LogP contribution is -2.32. The van der Waals surface area contributed by atoms with E-state index in [-0.39, 0.29) is 16.9 Å². The summed E-state index contributed by atoms with van der Waals surface area (Å²) in [5, 5.41) is 29.1. The van der Waals surface area contributed by atoms with Gasteiger partial charge in [-0.05, 0) is 17.6 Å². The van der Waals surface area contributed by atoms with Gasteiger partial charge in [-0.3, -0.25) is 4.79 Å². The number of benzene rings is 1. The molecule has 0 heterocycles. The molecule has 0 fully saturated rings. The molecule has 0 aliphatic carbocycles. The number of carbonyl (C=O) groups excluding carboxylic acids is 1. The number of nitriles is 1. The van der Waals surface area contributed by atoms with Gasteiger partial charge in [0.1, 0.15) is 0 Å². The van der Waals surface area contributed by atoms with Crippen LogP contribution < -0.4 is 10.8 Å². The molecule has 1 aromatic rings. The molecule has 0 atom stereocenters. The van der Waals surface area contributed by atoms with Crippen molar-refractivity contribution in [3.8, 4) is 6.07 Å². The Hall–Kier alpha value is -1.84. The number of rotatable bonds is 2. The van der Waals surface area contributed by atoms with Crippen LogP contribution in [0.3, 0.4) is 0 Å². The molecule has 0 saturated carbocycles. The maximum absolute atomic E-state index is 10.7. The molecule has 0 saturated heterocycles. The number of nitrogens with one attached hydrogen (secondary N) is 1. The molecule has 0 spiro atoms. The van der Waals surface area contributed by atoms with E-state index < -0.39 is 7.12 Å². The molecule has 0 unspecified atom stereocenters. The highest BCUT2D eigenvalue weighted by atomic mass is 16.4. The lowest BCUT2D eigenvalue weighted by Gasteiger charge is -2.06. The summed E-state index contributed by atoms with van der Waals surface area (Å²) in [6, 6.07) is 6.08. The molecule has 0 aliphatic rings. The van der Waals surface area contributed by atoms with Crippen LogP contribution >= 0.6 is 0 Å². The zero-order valence-corrected chi connectivity index (χ0v) is 8.06. The number of hydrogen-bond acceptors (Lipinski definition) is 4. The fraction of sp³-hybridized carbons (Fsp3) is 0.111. The summed E-state index contributed by atoms with van der Waals surface area (Å²) in [5.41, 5.74) is 0.686. The fourth-order valence-corrected chi connectivity index (χ4v) is 1.16. The second kappa shape index (κ2) is 4.60. The zero-order valence-electron chi connectivity index (χ0n) is 8.06. The molecular formula is C9H9BN2O3. The standard InChI is InChI=1S/C9H9BN2O3/c1-6(13)12-8-2-3-9(10(14)15)7(4-8)5-11/h2-4,14-15H,1H3,(H,12,13). The van der Waals surface area contributed by atoms with Crippen molar-refractivity contribution in [3.05, 3.63) is 23.8 Å². The van der Waals surface area contributed by atoms with Crippen LogP contribution in [0.4, 0.5) is 5.69 Å². The van der Waals surface area contributed by atoms with E-state index in [1.807, 2.05) is 6.07 Å². The van der Waals surface area contributed by atoms with Crippen molar-refractivity contribution in [1.82, 2.24) is 0 Å². The molecule has 0 bridgehead atoms. The van der Waals surface area contributed by atoms with E-state index in [1.165, 1.54) is 25.1 Å². The van der Waals surface area contributed by atoms with Crippen molar-refractivity contribution in [3.63, 3.8) is 0 Å². The summed E-state index contributed by atoms with van der Waals surface area (Å²) in [5.74, 6) is -0.254. The summed E-state index contributed by atoms with van der Waals surface area (Å²) in [6.45, 7) is 1.35. The zero-order chi connectivity index (χ0) is 11.4. The van der Waals surface area contributed by atoms with Gasteiger partial charge >= 0.3 is 7.12 Å². The summed E-state index contributed by atoms with van der Waals surface area (Å²) in [6.07, 6.45) is 0. The predicted molar refractivity (Wildman–Crippen MR) is 55.3 cm³/mol. The largest absolute Gasteiger partial charge is 0.489 e. The van der Waals surface area contributed by atoms with E-state index in [0.717, 1.165) is 0 Å². The molecule has 0 aliphatic heterocycles. The molecule has 1 aromatic carbocycles. The maximum Gasteiger partial charge on any atom is 0.489 e. The SMILES string of the molecule is CC(=O)Nc1ccc(B(O)O)c(C#N)c1. The third kappa shape index (κ3) is 2.81. The van der Waals surface area contributed by atoms with E-state index in [2.05, 4.69) is 5.32 Å². The average Bonchev–Trinajstić information content (AvgIpc) is 2.16. The average molecular weight is 204 g/mol. The molecule has 0 aromatic heterocycles. The van der Waals surface area contributed by atoms with Crippen molar-refractivity contribution < 1.29 is 14.8 Å². The minimum atomic E-state index is -1.69. The number of anilines is 1. The van der Waals surface area contributed by atoms with Crippen molar-refractivity contribution >= 4 is 24.2 Å². The van der Waals surface area contributed by atoms with Gasteiger partial charge in [-0.1, -0.05) is 6.07 Å². The summed E-state index contributed by atoms with van der Waals surface area (Å²) in [7, 11) is -1.69. The molecule has 76 valence electrons. The van der Waals surface area contributed by atoms with Crippen molar-refractivity contribution in [1.29, 1.82) is 5.26 Å². The predicted octanol–water partition coefficient (Wildman–Crippen LogP) is -0.804. The minimum Gasteiger partial charge on any atom is -0.423 e. The Labute approximate surface area is 87.1 Å². The van der Waals surface area contributed by atoms with Gasteiger partial charge in [0.15, 0.2) is 0 Å². The van der Waals surface area contributed by atoms with Crippen LogP contribution in [0.5, 0.6) is 0 Å². The Balaban J connectivity index is 3.09. The summed E-state index contributed by atoms with van der Waals surface area (Å²) in [4.78, 5) is 10.7. The monoisotopic (exact) mass is 204 g/mol. The number of amides is 1. The fourth-order valence-electron chi connectivity index (χ4n) is 1.16. The Morgan fingerprint density at radius 3 is 2.67 bits per heavy atom. The number of hydrogen-bond donors (Lipinski definition) is 3. The normalized spacial score (nSPS) is 9.20. The van der Waals surface area contributed by atoms with E-state index in [9.17, 15) is 4.79 Å². The van der Waals surface area contributed by atoms with Gasteiger partial charge in [0.05, 0.1) is 11.6 Å². The van der Waals surface area contributed by atoms with Gasteiger partial charge in [-0.2, -0.15) is 5.26 Å². The van der Waals surface area contributed by atoms with Crippen LogP contribution in [0, 0.1) is 11.3 Å². The first-order valence-electron chi connectivity index (χ1n) is 4.22. The molecular weight excluding hydrogens is 195 g/mol. The second-order valence-electron chi connectivity index (χ2n) is 2.97. The van der Waals surface area contributed by atoms with Gasteiger partial charge < -0.3 is 15.4 Å². The van der Waals surface area contributed by atoms with Crippen molar-refractivity contribution in [2.75, 3.05) is 5.32 Å². The Morgan fingerprint density at radius 1 is 1.53 bits per heavy atom. The molecule has 5 nitrogen and oxygen atoms in total. The topological polar surface area (TPSA) is 93.3 Å². The smallest absolute Gasteiger partial charge is 0.423 e. The molecule has 6 heteroatoms. The van der Waals surface area contributed by atoms with Gasteiger partial charge in [-0.15, -0.1) is 0 Å². The summed E-state index contributed by atoms with van der Waals surface area (Å²) < 4.78 is 0. The lowest BCUT2D eigenvalue weighted by molar-refractivity contribution is -0.114. The van der Waals surface area contributed by atoms with E-state index >= 15 is 0 Å². The maximum atomic E-state index is 10.7. The highest BCUT2D eigenvalue weighted by molar-refractivity contribution is 6.59. The first-order valence-corrected chi connectivity index (χ1v) is 4.22. The Kier molecular flexibility index (Phi) is 3.44. The van der Waals surface area contributed by atoms with Gasteiger partial charge in [0.25, 0.3) is 0 Å². The first-order chi connectivity index (χ1) is 7.04. The summed E-state index contributed by atoms with van der Waals surface area (Å²) >= 11 is 0. The van der Waals surface area contributed by atoms with E-state index in [0.29, 0.717) is 5.69 Å². The van der Waals surface area contributed by atoms with Crippen LogP contribution in [0.2, 0.25) is 0 Å². The molecule has 0 radical (unpaired) electrons. The van der Waals surface area contributed by atoms with Crippen LogP contribution in [0.1, 0.15) is 12.5 Å². The van der Waals surface area contributed by atoms with Crippen molar-refractivity contribution in [2.24, 2.45) is 0 Å². The molecule has 15 heavy (non-hydrogen) atoms. The second-order valence-corrected chi connectivity index (χ2v) is 2.97. The van der Waals surface area contributed by atoms with E-state index in [4.69, 9.17) is 15.3 Å². The van der Waals surface area contributed by atoms with Gasteiger partial charge in [0, 0.05) is 12.6 Å². The number of carbonyl (C=O) groups is 1. The Morgan fingerprint density at radius 2 is 2.20 bits per heavy atom. The van der Waals surface area contributed by atoms with Crippen LogP contribution in [-0.4, -0.2) is 23.1 Å². The first kappa shape index (κ1) is 11.2. The van der Waals surface area contributed by atoms with E-state index in [1.54, 1.807) is 0 Å². The number of nitrogens with zero attached hydrogens (tertiary/aromatic N) is 1. The third-order valence-electron chi connectivity index (χ3n) is 1.77. The minimum absolute atomic E-state index is 0.117. The van der Waals surface area contributed by atoms with Crippen LogP contribution in [0.15, 0.2) is 18.2 Å². The highest BCUT2D eigenvalue weighted by Crippen LogP contribution is 2.08. The lowest BCUT2D eigenvalue weighted by atomic mass is 9.77. The third-order valence-corrected chi connectivity index (χ3v) is 1.77. The molecule has 1 amide bonds. The van der Waals surface area contributed by atoms with Gasteiger partial charge in [-0.25, -0.2) is 0 Å².